The Morgan fingerprint density at radius 3 is 2.43 bits per heavy atom. The zero-order valence-corrected chi connectivity index (χ0v) is 14.3. The molecule has 122 valence electrons. The number of allylic oxidation sites excluding steroid dienone is 1. The molecule has 2 aromatic heterocycles. The van der Waals surface area contributed by atoms with Crippen LogP contribution in [0, 0.1) is 0 Å². The smallest absolute Gasteiger partial charge is 0.188 e. The van der Waals surface area contributed by atoms with Crippen molar-refractivity contribution in [2.75, 3.05) is 21.0 Å². The maximum Gasteiger partial charge on any atom is 0.188 e. The van der Waals surface area contributed by atoms with Crippen molar-refractivity contribution in [3.8, 4) is 11.5 Å². The minimum atomic E-state index is 0.105. The Labute approximate surface area is 144 Å². The molecule has 0 aliphatic rings. The molecule has 0 spiro atoms. The minimum Gasteiger partial charge on any atom is -0.491 e. The molecule has 0 atom stereocenters. The third-order valence-electron chi connectivity index (χ3n) is 3.09. The summed E-state index contributed by atoms with van der Waals surface area (Å²) in [6, 6.07) is 1.74. The van der Waals surface area contributed by atoms with Gasteiger partial charge in [0.2, 0.25) is 0 Å². The third-order valence-corrected chi connectivity index (χ3v) is 3.74. The van der Waals surface area contributed by atoms with E-state index in [1.165, 1.54) is 0 Å². The molecule has 7 heteroatoms. The Morgan fingerprint density at radius 1 is 1.13 bits per heavy atom. The highest BCUT2D eigenvalue weighted by Gasteiger charge is 2.13. The topological polar surface area (TPSA) is 53.5 Å². The van der Waals surface area contributed by atoms with Gasteiger partial charge in [-0.2, -0.15) is 0 Å². The highest BCUT2D eigenvalue weighted by Crippen LogP contribution is 2.32. The summed E-state index contributed by atoms with van der Waals surface area (Å²) in [6.45, 7) is 4.16. The number of halogens is 2. The van der Waals surface area contributed by atoms with Gasteiger partial charge in [-0.05, 0) is 11.1 Å². The molecule has 5 nitrogen and oxygen atoms in total. The van der Waals surface area contributed by atoms with E-state index in [0.29, 0.717) is 33.7 Å². The molecule has 0 fully saturated rings. The maximum atomic E-state index is 6.14. The van der Waals surface area contributed by atoms with E-state index < -0.39 is 0 Å². The number of nitrogens with zero attached hydrogens (tertiary/aromatic N) is 2. The second-order valence-corrected chi connectivity index (χ2v) is 5.45. The molecular formula is C16H16Cl2N2O3. The van der Waals surface area contributed by atoms with Crippen LogP contribution in [-0.2, 0) is 11.2 Å². The Morgan fingerprint density at radius 2 is 1.83 bits per heavy atom. The lowest BCUT2D eigenvalue weighted by Gasteiger charge is -2.13. The number of hydrogen-bond acceptors (Lipinski definition) is 5. The standard InChI is InChI=1S/C16H16Cl2N2O3/c1-10(4-11-12(17)6-19-7-13(11)18)14-5-15(23-9-21-2)16(22-3)8-20-14/h5-8H,1,4,9H2,2-3H3. The summed E-state index contributed by atoms with van der Waals surface area (Å²) in [5.74, 6) is 1.03. The molecule has 0 amide bonds. The van der Waals surface area contributed by atoms with Gasteiger partial charge >= 0.3 is 0 Å². The highest BCUT2D eigenvalue weighted by molar-refractivity contribution is 6.35. The first kappa shape index (κ1) is 17.5. The lowest BCUT2D eigenvalue weighted by Crippen LogP contribution is -2.03. The van der Waals surface area contributed by atoms with Crippen molar-refractivity contribution in [2.45, 2.75) is 6.42 Å². The second-order valence-electron chi connectivity index (χ2n) is 4.63. The van der Waals surface area contributed by atoms with E-state index in [-0.39, 0.29) is 6.79 Å². The monoisotopic (exact) mass is 354 g/mol. The van der Waals surface area contributed by atoms with E-state index in [9.17, 15) is 0 Å². The predicted molar refractivity (Wildman–Crippen MR) is 90.3 cm³/mol. The van der Waals surface area contributed by atoms with Crippen molar-refractivity contribution in [2.24, 2.45) is 0 Å². The van der Waals surface area contributed by atoms with E-state index in [0.717, 1.165) is 11.1 Å². The van der Waals surface area contributed by atoms with Crippen molar-refractivity contribution >= 4 is 28.8 Å². The van der Waals surface area contributed by atoms with E-state index in [4.69, 9.17) is 37.4 Å². The first-order chi connectivity index (χ1) is 11.1. The zero-order valence-electron chi connectivity index (χ0n) is 12.8. The zero-order chi connectivity index (χ0) is 16.8. The Bertz CT molecular complexity index is 687. The first-order valence-corrected chi connectivity index (χ1v) is 7.44. The normalized spacial score (nSPS) is 10.4. The molecule has 0 saturated heterocycles. The predicted octanol–water partition coefficient (Wildman–Crippen LogP) is 4.03. The van der Waals surface area contributed by atoms with Crippen LogP contribution in [0.4, 0.5) is 0 Å². The quantitative estimate of drug-likeness (QED) is 0.702. The van der Waals surface area contributed by atoms with Crippen molar-refractivity contribution < 1.29 is 14.2 Å². The fourth-order valence-corrected chi connectivity index (χ4v) is 2.42. The maximum absolute atomic E-state index is 6.14. The molecule has 0 aliphatic carbocycles. The number of pyridine rings is 2. The number of rotatable bonds is 7. The van der Waals surface area contributed by atoms with Crippen molar-refractivity contribution in [3.63, 3.8) is 0 Å². The number of methoxy groups -OCH3 is 2. The lowest BCUT2D eigenvalue weighted by molar-refractivity contribution is 0.0490. The van der Waals surface area contributed by atoms with Crippen LogP contribution in [0.5, 0.6) is 11.5 Å². The van der Waals surface area contributed by atoms with Gasteiger partial charge in [-0.3, -0.25) is 9.97 Å². The summed E-state index contributed by atoms with van der Waals surface area (Å²) in [4.78, 5) is 8.26. The first-order valence-electron chi connectivity index (χ1n) is 6.68. The van der Waals surface area contributed by atoms with Crippen LogP contribution in [0.25, 0.3) is 5.57 Å². The summed E-state index contributed by atoms with van der Waals surface area (Å²) >= 11 is 12.3. The van der Waals surface area contributed by atoms with Crippen LogP contribution in [0.2, 0.25) is 10.0 Å². The molecule has 0 radical (unpaired) electrons. The average Bonchev–Trinajstić information content (AvgIpc) is 2.56. The Balaban J connectivity index is 2.25. The summed E-state index contributed by atoms with van der Waals surface area (Å²) < 4.78 is 15.6. The van der Waals surface area contributed by atoms with Crippen LogP contribution in [-0.4, -0.2) is 31.0 Å². The van der Waals surface area contributed by atoms with Gasteiger partial charge in [0.05, 0.1) is 29.0 Å². The van der Waals surface area contributed by atoms with Gasteiger partial charge in [0.15, 0.2) is 18.3 Å². The second kappa shape index (κ2) is 8.15. The van der Waals surface area contributed by atoms with E-state index in [2.05, 4.69) is 16.5 Å². The van der Waals surface area contributed by atoms with Gasteiger partial charge in [-0.15, -0.1) is 0 Å². The van der Waals surface area contributed by atoms with Crippen molar-refractivity contribution in [1.82, 2.24) is 9.97 Å². The Kier molecular flexibility index (Phi) is 6.21. The Hall–Kier alpha value is -1.82. The van der Waals surface area contributed by atoms with Crippen molar-refractivity contribution in [1.29, 1.82) is 0 Å². The lowest BCUT2D eigenvalue weighted by atomic mass is 10.0. The van der Waals surface area contributed by atoms with Crippen LogP contribution in [0.1, 0.15) is 11.3 Å². The molecule has 0 unspecified atom stereocenters. The van der Waals surface area contributed by atoms with Crippen LogP contribution in [0.3, 0.4) is 0 Å². The number of hydrogen-bond donors (Lipinski definition) is 0. The molecule has 2 aromatic rings. The SMILES string of the molecule is C=C(Cc1c(Cl)cncc1Cl)c1cc(OCOC)c(OC)cn1. The summed E-state index contributed by atoms with van der Waals surface area (Å²) in [5.41, 5.74) is 2.15. The molecule has 23 heavy (non-hydrogen) atoms. The van der Waals surface area contributed by atoms with Crippen LogP contribution < -0.4 is 9.47 Å². The van der Waals surface area contributed by atoms with Crippen molar-refractivity contribution in [3.05, 3.63) is 52.5 Å². The van der Waals surface area contributed by atoms with Gasteiger partial charge in [-0.25, -0.2) is 0 Å². The van der Waals surface area contributed by atoms with Gasteiger partial charge in [0.25, 0.3) is 0 Å². The average molecular weight is 355 g/mol. The third kappa shape index (κ3) is 4.34. The molecule has 0 aliphatic heterocycles. The van der Waals surface area contributed by atoms with Gasteiger partial charge in [0, 0.05) is 32.0 Å². The summed E-state index contributed by atoms with van der Waals surface area (Å²) in [6.07, 6.45) is 5.11. The fraction of sp³-hybridized carbons (Fsp3) is 0.250. The van der Waals surface area contributed by atoms with Crippen LogP contribution >= 0.6 is 23.2 Å². The van der Waals surface area contributed by atoms with Gasteiger partial charge in [0.1, 0.15) is 0 Å². The van der Waals surface area contributed by atoms with E-state index in [1.807, 2.05) is 0 Å². The highest BCUT2D eigenvalue weighted by atomic mass is 35.5. The number of aromatic nitrogens is 2. The molecule has 0 N–H and O–H groups in total. The van der Waals surface area contributed by atoms with E-state index >= 15 is 0 Å². The molecular weight excluding hydrogens is 339 g/mol. The summed E-state index contributed by atoms with van der Waals surface area (Å²) in [5, 5.41) is 0.978. The largest absolute Gasteiger partial charge is 0.491 e. The molecule has 2 rings (SSSR count). The molecule has 0 aromatic carbocycles. The van der Waals surface area contributed by atoms with E-state index in [1.54, 1.807) is 38.9 Å². The molecule has 0 bridgehead atoms. The number of ether oxygens (including phenoxy) is 3. The fourth-order valence-electron chi connectivity index (χ4n) is 1.92. The molecule has 0 saturated carbocycles. The van der Waals surface area contributed by atoms with Gasteiger partial charge < -0.3 is 14.2 Å². The summed E-state index contributed by atoms with van der Waals surface area (Å²) in [7, 11) is 3.09. The minimum absolute atomic E-state index is 0.105. The van der Waals surface area contributed by atoms with Crippen LogP contribution in [0.15, 0.2) is 31.2 Å². The molecule has 2 heterocycles. The van der Waals surface area contributed by atoms with Gasteiger partial charge in [-0.1, -0.05) is 29.8 Å².